The minimum atomic E-state index is -1.05. The second kappa shape index (κ2) is 5.78. The Labute approximate surface area is 112 Å². The molecule has 0 heterocycles. The van der Waals surface area contributed by atoms with Crippen LogP contribution in [0.1, 0.15) is 48.9 Å². The molecule has 0 spiro atoms. The largest absolute Gasteiger partial charge is 0.330 e. The molecule has 1 aromatic carbocycles. The summed E-state index contributed by atoms with van der Waals surface area (Å²) in [4.78, 5) is 12.2. The first-order valence-electron chi connectivity index (χ1n) is 6.75. The van der Waals surface area contributed by atoms with Crippen molar-refractivity contribution in [2.45, 2.75) is 38.5 Å². The molecule has 1 saturated carbocycles. The van der Waals surface area contributed by atoms with Crippen LogP contribution in [0.2, 0.25) is 0 Å². The monoisotopic (exact) mass is 267 g/mol. The van der Waals surface area contributed by atoms with Gasteiger partial charge in [-0.25, -0.2) is 8.78 Å². The van der Waals surface area contributed by atoms with Gasteiger partial charge in [0.15, 0.2) is 17.4 Å². The molecule has 2 rings (SSSR count). The van der Waals surface area contributed by atoms with Crippen molar-refractivity contribution in [3.8, 4) is 0 Å². The molecule has 0 saturated heterocycles. The minimum absolute atomic E-state index is 0.154. The highest BCUT2D eigenvalue weighted by atomic mass is 19.2. The van der Waals surface area contributed by atoms with Crippen molar-refractivity contribution in [3.05, 3.63) is 35.4 Å². The Morgan fingerprint density at radius 1 is 1.21 bits per heavy atom. The highest BCUT2D eigenvalue weighted by Crippen LogP contribution is 2.39. The molecule has 0 amide bonds. The van der Waals surface area contributed by atoms with Crippen molar-refractivity contribution in [2.75, 3.05) is 6.54 Å². The van der Waals surface area contributed by atoms with E-state index < -0.39 is 11.6 Å². The van der Waals surface area contributed by atoms with Gasteiger partial charge in [-0.2, -0.15) is 0 Å². The van der Waals surface area contributed by atoms with E-state index in [1.807, 2.05) is 0 Å². The molecule has 104 valence electrons. The second-order valence-electron chi connectivity index (χ2n) is 5.47. The number of ketones is 1. The molecule has 0 aromatic heterocycles. The molecule has 1 aromatic rings. The van der Waals surface area contributed by atoms with Crippen LogP contribution in [0, 0.1) is 17.0 Å². The molecule has 0 bridgehead atoms. The molecule has 0 unspecified atom stereocenters. The van der Waals surface area contributed by atoms with Crippen LogP contribution in [0.4, 0.5) is 8.78 Å². The van der Waals surface area contributed by atoms with Gasteiger partial charge in [-0.1, -0.05) is 25.3 Å². The topological polar surface area (TPSA) is 43.1 Å². The molecule has 1 aliphatic carbocycles. The molecule has 2 N–H and O–H groups in total. The lowest BCUT2D eigenvalue weighted by Crippen LogP contribution is -2.35. The van der Waals surface area contributed by atoms with Gasteiger partial charge in [-0.15, -0.1) is 0 Å². The van der Waals surface area contributed by atoms with Crippen LogP contribution in [-0.4, -0.2) is 12.3 Å². The molecule has 0 aliphatic heterocycles. The Kier molecular flexibility index (Phi) is 4.30. The van der Waals surface area contributed by atoms with Gasteiger partial charge in [0, 0.05) is 6.42 Å². The van der Waals surface area contributed by atoms with E-state index in [1.54, 1.807) is 0 Å². The normalized spacial score (nSPS) is 18.3. The average molecular weight is 267 g/mol. The maximum atomic E-state index is 13.6. The molecular formula is C15H19F2NO. The lowest BCUT2D eigenvalue weighted by molar-refractivity contribution is 0.0863. The van der Waals surface area contributed by atoms with Crippen LogP contribution in [0.15, 0.2) is 18.2 Å². The summed E-state index contributed by atoms with van der Waals surface area (Å²) in [5, 5.41) is 0. The smallest absolute Gasteiger partial charge is 0.169 e. The Hall–Kier alpha value is -1.29. The number of Topliss-reactive ketones (excluding diaryl/α,β-unsaturated/α-hetero) is 1. The number of benzene rings is 1. The number of carbonyl (C=O) groups is 1. The van der Waals surface area contributed by atoms with E-state index in [-0.39, 0.29) is 23.2 Å². The number of hydrogen-bond acceptors (Lipinski definition) is 2. The molecule has 0 radical (unpaired) electrons. The SMILES string of the molecule is NCC1(CC(=O)c2cccc(F)c2F)CCCCC1. The van der Waals surface area contributed by atoms with E-state index in [0.717, 1.165) is 38.2 Å². The zero-order chi connectivity index (χ0) is 13.9. The summed E-state index contributed by atoms with van der Waals surface area (Å²) in [5.41, 5.74) is 5.43. The summed E-state index contributed by atoms with van der Waals surface area (Å²) < 4.78 is 26.8. The maximum Gasteiger partial charge on any atom is 0.169 e. The van der Waals surface area contributed by atoms with Crippen molar-refractivity contribution >= 4 is 5.78 Å². The fraction of sp³-hybridized carbons (Fsp3) is 0.533. The van der Waals surface area contributed by atoms with E-state index in [2.05, 4.69) is 0 Å². The zero-order valence-electron chi connectivity index (χ0n) is 10.9. The van der Waals surface area contributed by atoms with Crippen LogP contribution >= 0.6 is 0 Å². The van der Waals surface area contributed by atoms with Crippen LogP contribution in [-0.2, 0) is 0 Å². The fourth-order valence-electron chi connectivity index (χ4n) is 2.91. The van der Waals surface area contributed by atoms with Crippen LogP contribution < -0.4 is 5.73 Å². The Balaban J connectivity index is 2.17. The Morgan fingerprint density at radius 3 is 2.53 bits per heavy atom. The molecule has 4 heteroatoms. The fourth-order valence-corrected chi connectivity index (χ4v) is 2.91. The Morgan fingerprint density at radius 2 is 1.89 bits per heavy atom. The number of rotatable bonds is 4. The summed E-state index contributed by atoms with van der Waals surface area (Å²) in [7, 11) is 0. The highest BCUT2D eigenvalue weighted by Gasteiger charge is 2.34. The number of hydrogen-bond donors (Lipinski definition) is 1. The predicted molar refractivity (Wildman–Crippen MR) is 69.9 cm³/mol. The molecule has 0 atom stereocenters. The number of nitrogens with two attached hydrogens (primary N) is 1. The summed E-state index contributed by atoms with van der Waals surface area (Å²) in [5.74, 6) is -2.36. The summed E-state index contributed by atoms with van der Waals surface area (Å²) in [6.45, 7) is 0.426. The first kappa shape index (κ1) is 14.1. The van der Waals surface area contributed by atoms with Crippen molar-refractivity contribution in [3.63, 3.8) is 0 Å². The first-order valence-corrected chi connectivity index (χ1v) is 6.75. The predicted octanol–water partition coefficient (Wildman–Crippen LogP) is 3.45. The number of carbonyl (C=O) groups excluding carboxylic acids is 1. The van der Waals surface area contributed by atoms with Gasteiger partial charge in [-0.3, -0.25) is 4.79 Å². The maximum absolute atomic E-state index is 13.6. The summed E-state index contributed by atoms with van der Waals surface area (Å²) in [6.07, 6.45) is 5.26. The lowest BCUT2D eigenvalue weighted by Gasteiger charge is -2.35. The first-order chi connectivity index (χ1) is 9.08. The lowest BCUT2D eigenvalue weighted by atomic mass is 9.70. The van der Waals surface area contributed by atoms with Crippen molar-refractivity contribution in [2.24, 2.45) is 11.1 Å². The van der Waals surface area contributed by atoms with Gasteiger partial charge in [0.2, 0.25) is 0 Å². The summed E-state index contributed by atoms with van der Waals surface area (Å²) >= 11 is 0. The molecule has 2 nitrogen and oxygen atoms in total. The van der Waals surface area contributed by atoms with E-state index in [1.165, 1.54) is 12.1 Å². The number of halogens is 2. The van der Waals surface area contributed by atoms with Gasteiger partial charge in [0.1, 0.15) is 0 Å². The second-order valence-corrected chi connectivity index (χ2v) is 5.47. The van der Waals surface area contributed by atoms with Gasteiger partial charge < -0.3 is 5.73 Å². The van der Waals surface area contributed by atoms with Gasteiger partial charge in [0.25, 0.3) is 0 Å². The van der Waals surface area contributed by atoms with E-state index in [9.17, 15) is 13.6 Å². The third-order valence-electron chi connectivity index (χ3n) is 4.13. The minimum Gasteiger partial charge on any atom is -0.330 e. The third kappa shape index (κ3) is 3.00. The molecule has 1 aliphatic rings. The van der Waals surface area contributed by atoms with Gasteiger partial charge >= 0.3 is 0 Å². The van der Waals surface area contributed by atoms with E-state index in [4.69, 9.17) is 5.73 Å². The zero-order valence-corrected chi connectivity index (χ0v) is 10.9. The average Bonchev–Trinajstić information content (AvgIpc) is 2.42. The van der Waals surface area contributed by atoms with E-state index >= 15 is 0 Å². The summed E-state index contributed by atoms with van der Waals surface area (Å²) in [6, 6.07) is 3.72. The van der Waals surface area contributed by atoms with Crippen LogP contribution in [0.25, 0.3) is 0 Å². The molecule has 19 heavy (non-hydrogen) atoms. The van der Waals surface area contributed by atoms with Crippen molar-refractivity contribution < 1.29 is 13.6 Å². The van der Waals surface area contributed by atoms with Gasteiger partial charge in [0.05, 0.1) is 5.56 Å². The standard InChI is InChI=1S/C15H19F2NO/c16-12-6-4-5-11(14(12)17)13(19)9-15(10-18)7-2-1-3-8-15/h4-6H,1-3,7-10,18H2. The quantitative estimate of drug-likeness (QED) is 0.849. The van der Waals surface area contributed by atoms with E-state index in [0.29, 0.717) is 6.54 Å². The van der Waals surface area contributed by atoms with Crippen LogP contribution in [0.5, 0.6) is 0 Å². The molecule has 1 fully saturated rings. The van der Waals surface area contributed by atoms with Crippen molar-refractivity contribution in [1.82, 2.24) is 0 Å². The van der Waals surface area contributed by atoms with Gasteiger partial charge in [-0.05, 0) is 36.9 Å². The van der Waals surface area contributed by atoms with Crippen molar-refractivity contribution in [1.29, 1.82) is 0 Å². The molecular weight excluding hydrogens is 248 g/mol. The third-order valence-corrected chi connectivity index (χ3v) is 4.13. The van der Waals surface area contributed by atoms with Crippen LogP contribution in [0.3, 0.4) is 0 Å². The highest BCUT2D eigenvalue weighted by molar-refractivity contribution is 5.96. The Bertz CT molecular complexity index is 467.